The average Bonchev–Trinajstić information content (AvgIpc) is 3.04. The Morgan fingerprint density at radius 3 is 2.71 bits per heavy atom. The van der Waals surface area contributed by atoms with Gasteiger partial charge in [0, 0.05) is 11.6 Å². The van der Waals surface area contributed by atoms with Gasteiger partial charge in [0.1, 0.15) is 6.61 Å². The fourth-order valence-corrected chi connectivity index (χ4v) is 4.77. The van der Waals surface area contributed by atoms with Crippen LogP contribution >= 0.6 is 34.4 Å². The zero-order valence-electron chi connectivity index (χ0n) is 17.3. The highest BCUT2D eigenvalue weighted by molar-refractivity contribution is 14.1. The molecule has 0 bridgehead atoms. The van der Waals surface area contributed by atoms with Crippen molar-refractivity contribution in [2.24, 2.45) is 0 Å². The molecule has 1 aliphatic heterocycles. The van der Waals surface area contributed by atoms with Gasteiger partial charge in [0.2, 0.25) is 0 Å². The summed E-state index contributed by atoms with van der Waals surface area (Å²) < 4.78 is 12.3. The molecule has 0 radical (unpaired) electrons. The predicted molar refractivity (Wildman–Crippen MR) is 129 cm³/mol. The van der Waals surface area contributed by atoms with E-state index in [1.165, 1.54) is 4.90 Å². The van der Waals surface area contributed by atoms with Crippen molar-refractivity contribution in [1.29, 1.82) is 5.26 Å². The first-order valence-electron chi connectivity index (χ1n) is 9.65. The summed E-state index contributed by atoms with van der Waals surface area (Å²) >= 11 is 3.09. The molecule has 0 unspecified atom stereocenters. The van der Waals surface area contributed by atoms with Crippen LogP contribution in [0.2, 0.25) is 0 Å². The fourth-order valence-electron chi connectivity index (χ4n) is 3.06. The molecule has 1 heterocycles. The number of hydrogen-bond donors (Lipinski definition) is 0. The van der Waals surface area contributed by atoms with Crippen LogP contribution in [-0.4, -0.2) is 29.2 Å². The molecule has 0 saturated carbocycles. The Bertz CT molecular complexity index is 1090. The molecule has 0 spiro atoms. The van der Waals surface area contributed by atoms with Crippen molar-refractivity contribution in [3.63, 3.8) is 0 Å². The number of amides is 2. The maximum Gasteiger partial charge on any atom is 0.293 e. The van der Waals surface area contributed by atoms with Crippen molar-refractivity contribution in [2.75, 3.05) is 7.11 Å². The Morgan fingerprint density at radius 2 is 2.03 bits per heavy atom. The largest absolute Gasteiger partial charge is 0.493 e. The Kier molecular flexibility index (Phi) is 7.62. The number of ether oxygens (including phenoxy) is 2. The summed E-state index contributed by atoms with van der Waals surface area (Å²) in [5, 5.41) is 9.01. The van der Waals surface area contributed by atoms with E-state index in [0.717, 1.165) is 26.5 Å². The second kappa shape index (κ2) is 10.2. The molecule has 1 atom stereocenters. The first-order valence-corrected chi connectivity index (χ1v) is 11.5. The van der Waals surface area contributed by atoms with Crippen LogP contribution < -0.4 is 9.47 Å². The highest BCUT2D eigenvalue weighted by Gasteiger charge is 2.37. The van der Waals surface area contributed by atoms with E-state index >= 15 is 0 Å². The summed E-state index contributed by atoms with van der Waals surface area (Å²) in [6, 6.07) is 12.9. The van der Waals surface area contributed by atoms with Crippen molar-refractivity contribution < 1.29 is 19.1 Å². The van der Waals surface area contributed by atoms with Crippen molar-refractivity contribution in [3.8, 4) is 17.6 Å². The molecule has 2 aromatic rings. The second-order valence-corrected chi connectivity index (χ2v) is 9.06. The number of nitriles is 1. The van der Waals surface area contributed by atoms with Crippen LogP contribution in [0.25, 0.3) is 6.08 Å². The number of imide groups is 1. The molecule has 0 N–H and O–H groups in total. The first kappa shape index (κ1) is 23.2. The fraction of sp³-hybridized carbons (Fsp3) is 0.261. The van der Waals surface area contributed by atoms with Crippen molar-refractivity contribution in [1.82, 2.24) is 4.90 Å². The van der Waals surface area contributed by atoms with Gasteiger partial charge in [-0.15, -0.1) is 0 Å². The Morgan fingerprint density at radius 1 is 1.29 bits per heavy atom. The highest BCUT2D eigenvalue weighted by atomic mass is 127. The van der Waals surface area contributed by atoms with Gasteiger partial charge in [0.15, 0.2) is 11.5 Å². The maximum atomic E-state index is 12.7. The average molecular weight is 548 g/mol. The molecule has 31 heavy (non-hydrogen) atoms. The molecular weight excluding hydrogens is 527 g/mol. The highest BCUT2D eigenvalue weighted by Crippen LogP contribution is 2.38. The smallest absolute Gasteiger partial charge is 0.293 e. The van der Waals surface area contributed by atoms with Gasteiger partial charge in [0.05, 0.1) is 27.2 Å². The lowest BCUT2D eigenvalue weighted by Gasteiger charge is -2.19. The van der Waals surface area contributed by atoms with E-state index < -0.39 is 0 Å². The predicted octanol–water partition coefficient (Wildman–Crippen LogP) is 5.59. The van der Waals surface area contributed by atoms with Gasteiger partial charge in [-0.2, -0.15) is 5.26 Å². The van der Waals surface area contributed by atoms with Gasteiger partial charge in [0.25, 0.3) is 11.1 Å². The molecule has 2 aromatic carbocycles. The summed E-state index contributed by atoms with van der Waals surface area (Å²) in [6.45, 7) is 4.03. The minimum absolute atomic E-state index is 0.139. The number of carbonyl (C=O) groups excluding carboxylic acids is 2. The van der Waals surface area contributed by atoms with Crippen molar-refractivity contribution in [3.05, 3.63) is 61.6 Å². The van der Waals surface area contributed by atoms with Gasteiger partial charge >= 0.3 is 0 Å². The van der Waals surface area contributed by atoms with E-state index in [2.05, 4.69) is 28.7 Å². The quantitative estimate of drug-likeness (QED) is 0.332. The number of hydrogen-bond acceptors (Lipinski definition) is 6. The third kappa shape index (κ3) is 5.05. The van der Waals surface area contributed by atoms with E-state index in [-0.39, 0.29) is 23.8 Å². The minimum Gasteiger partial charge on any atom is -0.493 e. The van der Waals surface area contributed by atoms with Crippen LogP contribution in [0.4, 0.5) is 4.79 Å². The van der Waals surface area contributed by atoms with Gasteiger partial charge in [-0.25, -0.2) is 0 Å². The van der Waals surface area contributed by atoms with Crippen LogP contribution in [-0.2, 0) is 11.4 Å². The SMILES string of the molecule is CC[C@@H](C)N1C(=O)S/C(=C/c2cc(I)c(OCc3ccccc3C#N)c(OC)c2)C1=O. The van der Waals surface area contributed by atoms with E-state index in [4.69, 9.17) is 9.47 Å². The van der Waals surface area contributed by atoms with Gasteiger partial charge in [-0.05, 0) is 77.5 Å². The maximum absolute atomic E-state index is 12.7. The summed E-state index contributed by atoms with van der Waals surface area (Å²) in [7, 11) is 1.54. The lowest BCUT2D eigenvalue weighted by Crippen LogP contribution is -2.36. The monoisotopic (exact) mass is 548 g/mol. The number of halogens is 1. The van der Waals surface area contributed by atoms with Crippen LogP contribution in [0, 0.1) is 14.9 Å². The van der Waals surface area contributed by atoms with Crippen LogP contribution in [0.3, 0.4) is 0 Å². The summed E-state index contributed by atoms with van der Waals surface area (Å²) in [5.74, 6) is 0.793. The minimum atomic E-state index is -0.272. The zero-order valence-corrected chi connectivity index (χ0v) is 20.3. The van der Waals surface area contributed by atoms with Gasteiger partial charge < -0.3 is 9.47 Å². The third-order valence-electron chi connectivity index (χ3n) is 4.91. The molecule has 0 aromatic heterocycles. The van der Waals surface area contributed by atoms with Crippen molar-refractivity contribution >= 4 is 51.6 Å². The molecule has 6 nitrogen and oxygen atoms in total. The number of benzene rings is 2. The molecule has 1 saturated heterocycles. The molecule has 2 amide bonds. The topological polar surface area (TPSA) is 79.6 Å². The molecule has 3 rings (SSSR count). The Balaban J connectivity index is 1.86. The molecule has 1 fully saturated rings. The Labute approximate surface area is 199 Å². The lowest BCUT2D eigenvalue weighted by molar-refractivity contribution is -0.124. The molecule has 1 aliphatic rings. The van der Waals surface area contributed by atoms with Gasteiger partial charge in [-0.3, -0.25) is 14.5 Å². The molecular formula is C23H21IN2O4S. The molecule has 0 aliphatic carbocycles. The summed E-state index contributed by atoms with van der Waals surface area (Å²) in [4.78, 5) is 26.6. The summed E-state index contributed by atoms with van der Waals surface area (Å²) in [5.41, 5.74) is 2.08. The number of nitrogens with zero attached hydrogens (tertiary/aromatic N) is 2. The third-order valence-corrected chi connectivity index (χ3v) is 6.60. The number of carbonyl (C=O) groups is 2. The second-order valence-electron chi connectivity index (χ2n) is 6.90. The Hall–Kier alpha value is -2.51. The van der Waals surface area contributed by atoms with Crippen LogP contribution in [0.15, 0.2) is 41.3 Å². The number of methoxy groups -OCH3 is 1. The number of thioether (sulfide) groups is 1. The van der Waals surface area contributed by atoms with Crippen molar-refractivity contribution in [2.45, 2.75) is 32.9 Å². The number of rotatable bonds is 7. The lowest BCUT2D eigenvalue weighted by atomic mass is 10.1. The van der Waals surface area contributed by atoms with E-state index in [1.54, 1.807) is 25.3 Å². The van der Waals surface area contributed by atoms with Gasteiger partial charge in [-0.1, -0.05) is 25.1 Å². The van der Waals surface area contributed by atoms with Crippen LogP contribution in [0.1, 0.15) is 37.0 Å². The molecule has 160 valence electrons. The van der Waals surface area contributed by atoms with E-state index in [9.17, 15) is 14.9 Å². The van der Waals surface area contributed by atoms with Crippen LogP contribution in [0.5, 0.6) is 11.5 Å². The normalized spacial score (nSPS) is 15.8. The zero-order chi connectivity index (χ0) is 22.5. The standard InChI is InChI=1S/C23H21IN2O4S/c1-4-14(2)26-22(27)20(31-23(26)28)11-15-9-18(24)21(19(10-15)29-3)30-13-17-8-6-5-7-16(17)12-25/h5-11,14H,4,13H2,1-3H3/b20-11+/t14-/m1/s1. The van der Waals surface area contributed by atoms with E-state index in [1.807, 2.05) is 38.1 Å². The molecule has 8 heteroatoms. The van der Waals surface area contributed by atoms with E-state index in [0.29, 0.717) is 28.4 Å². The first-order chi connectivity index (χ1) is 14.9. The summed E-state index contributed by atoms with van der Waals surface area (Å²) in [6.07, 6.45) is 2.41.